The molecule has 1 rings (SSSR count). The Morgan fingerprint density at radius 3 is 2.52 bits per heavy atom. The Labute approximate surface area is 125 Å². The molecule has 0 spiro atoms. The lowest BCUT2D eigenvalue weighted by Gasteiger charge is -2.29. The van der Waals surface area contributed by atoms with Gasteiger partial charge in [0.1, 0.15) is 11.8 Å². The van der Waals surface area contributed by atoms with E-state index < -0.39 is 6.10 Å². The molecular weight excluding hydrogens is 266 g/mol. The summed E-state index contributed by atoms with van der Waals surface area (Å²) in [6, 6.07) is 10.9. The topological polar surface area (TPSA) is 77.1 Å². The maximum atomic E-state index is 12.4. The summed E-state index contributed by atoms with van der Waals surface area (Å²) in [6.45, 7) is 5.81. The summed E-state index contributed by atoms with van der Waals surface area (Å²) in [5.41, 5.74) is 0.394. The zero-order valence-electron chi connectivity index (χ0n) is 12.5. The highest BCUT2D eigenvalue weighted by molar-refractivity contribution is 5.81. The zero-order valence-corrected chi connectivity index (χ0v) is 12.5. The number of nitriles is 2. The van der Waals surface area contributed by atoms with Gasteiger partial charge in [0, 0.05) is 12.6 Å². The number of amides is 1. The van der Waals surface area contributed by atoms with Gasteiger partial charge in [0.25, 0.3) is 5.91 Å². The molecule has 0 heterocycles. The zero-order chi connectivity index (χ0) is 15.8. The van der Waals surface area contributed by atoms with E-state index in [1.165, 1.54) is 0 Å². The SMILES string of the molecule is CC(Oc1ccccc1C#N)C(=O)N(CCC#N)C(C)C. The Hall–Kier alpha value is -2.53. The van der Waals surface area contributed by atoms with Crippen molar-refractivity contribution in [3.63, 3.8) is 0 Å². The molecule has 1 amide bonds. The van der Waals surface area contributed by atoms with Crippen LogP contribution in [0.5, 0.6) is 5.75 Å². The average molecular weight is 285 g/mol. The number of hydrogen-bond donors (Lipinski definition) is 0. The summed E-state index contributed by atoms with van der Waals surface area (Å²) in [5, 5.41) is 17.7. The van der Waals surface area contributed by atoms with Crippen molar-refractivity contribution in [2.45, 2.75) is 39.3 Å². The van der Waals surface area contributed by atoms with Gasteiger partial charge in [0.15, 0.2) is 6.10 Å². The van der Waals surface area contributed by atoms with Gasteiger partial charge in [-0.25, -0.2) is 0 Å². The van der Waals surface area contributed by atoms with Crippen LogP contribution in [0.2, 0.25) is 0 Å². The molecule has 0 fully saturated rings. The summed E-state index contributed by atoms with van der Waals surface area (Å²) in [6.07, 6.45) is -0.425. The fourth-order valence-electron chi connectivity index (χ4n) is 1.93. The number of nitrogens with zero attached hydrogens (tertiary/aromatic N) is 3. The minimum absolute atomic E-state index is 0.0110. The second kappa shape index (κ2) is 7.91. The normalized spacial score (nSPS) is 11.3. The maximum absolute atomic E-state index is 12.4. The average Bonchev–Trinajstić information content (AvgIpc) is 2.47. The van der Waals surface area contributed by atoms with Crippen LogP contribution in [0.4, 0.5) is 0 Å². The molecule has 0 saturated heterocycles. The molecule has 5 nitrogen and oxygen atoms in total. The molecule has 0 radical (unpaired) electrons. The first-order valence-corrected chi connectivity index (χ1v) is 6.84. The Balaban J connectivity index is 2.82. The van der Waals surface area contributed by atoms with Crippen LogP contribution in [0.1, 0.15) is 32.8 Å². The van der Waals surface area contributed by atoms with Crippen molar-refractivity contribution in [2.75, 3.05) is 6.54 Å². The first-order valence-electron chi connectivity index (χ1n) is 6.84. The molecule has 5 heteroatoms. The summed E-state index contributed by atoms with van der Waals surface area (Å²) >= 11 is 0. The number of para-hydroxylation sites is 1. The monoisotopic (exact) mass is 285 g/mol. The highest BCUT2D eigenvalue weighted by Gasteiger charge is 2.24. The minimum Gasteiger partial charge on any atom is -0.480 e. The van der Waals surface area contributed by atoms with Crippen molar-refractivity contribution in [1.82, 2.24) is 4.90 Å². The van der Waals surface area contributed by atoms with Crippen LogP contribution >= 0.6 is 0 Å². The smallest absolute Gasteiger partial charge is 0.263 e. The summed E-state index contributed by atoms with van der Waals surface area (Å²) in [7, 11) is 0. The van der Waals surface area contributed by atoms with E-state index in [1.54, 1.807) is 36.1 Å². The second-order valence-corrected chi connectivity index (χ2v) is 4.90. The summed E-state index contributed by atoms with van der Waals surface area (Å²) in [4.78, 5) is 14.0. The molecule has 0 bridgehead atoms. The van der Waals surface area contributed by atoms with Crippen LogP contribution in [-0.2, 0) is 4.79 Å². The molecule has 0 aliphatic heterocycles. The number of carbonyl (C=O) groups excluding carboxylic acids is 1. The van der Waals surface area contributed by atoms with Gasteiger partial charge < -0.3 is 9.64 Å². The second-order valence-electron chi connectivity index (χ2n) is 4.90. The lowest BCUT2D eigenvalue weighted by molar-refractivity contribution is -0.139. The third-order valence-electron chi connectivity index (χ3n) is 3.03. The Bertz CT molecular complexity index is 570. The fourth-order valence-corrected chi connectivity index (χ4v) is 1.93. The van der Waals surface area contributed by atoms with Crippen LogP contribution in [-0.4, -0.2) is 29.5 Å². The van der Waals surface area contributed by atoms with Crippen molar-refractivity contribution in [2.24, 2.45) is 0 Å². The molecule has 1 aromatic rings. The fraction of sp³-hybridized carbons (Fsp3) is 0.438. The molecule has 1 aromatic carbocycles. The molecule has 110 valence electrons. The minimum atomic E-state index is -0.708. The van der Waals surface area contributed by atoms with E-state index in [0.29, 0.717) is 17.9 Å². The quantitative estimate of drug-likeness (QED) is 0.804. The lowest BCUT2D eigenvalue weighted by atomic mass is 10.2. The largest absolute Gasteiger partial charge is 0.480 e. The van der Waals surface area contributed by atoms with Crippen LogP contribution < -0.4 is 4.74 Å². The highest BCUT2D eigenvalue weighted by atomic mass is 16.5. The summed E-state index contributed by atoms with van der Waals surface area (Å²) < 4.78 is 5.61. The predicted molar refractivity (Wildman–Crippen MR) is 78.3 cm³/mol. The van der Waals surface area contributed by atoms with E-state index in [-0.39, 0.29) is 18.4 Å². The van der Waals surface area contributed by atoms with Gasteiger partial charge in [-0.05, 0) is 32.9 Å². The van der Waals surface area contributed by atoms with E-state index in [9.17, 15) is 4.79 Å². The van der Waals surface area contributed by atoms with Crippen molar-refractivity contribution in [3.05, 3.63) is 29.8 Å². The van der Waals surface area contributed by atoms with Crippen molar-refractivity contribution in [1.29, 1.82) is 10.5 Å². The molecule has 1 atom stereocenters. The number of carbonyl (C=O) groups is 1. The maximum Gasteiger partial charge on any atom is 0.263 e. The molecule has 0 aliphatic rings. The molecule has 0 saturated carbocycles. The first kappa shape index (κ1) is 16.5. The Morgan fingerprint density at radius 2 is 1.95 bits per heavy atom. The Morgan fingerprint density at radius 1 is 1.29 bits per heavy atom. The predicted octanol–water partition coefficient (Wildman–Crippen LogP) is 2.48. The third kappa shape index (κ3) is 4.50. The van der Waals surface area contributed by atoms with Gasteiger partial charge in [-0.1, -0.05) is 12.1 Å². The van der Waals surface area contributed by atoms with Gasteiger partial charge in [0.05, 0.1) is 18.1 Å². The van der Waals surface area contributed by atoms with Gasteiger partial charge in [-0.15, -0.1) is 0 Å². The number of ether oxygens (including phenoxy) is 1. The van der Waals surface area contributed by atoms with Gasteiger partial charge in [-0.2, -0.15) is 10.5 Å². The molecule has 0 N–H and O–H groups in total. The van der Waals surface area contributed by atoms with Crippen LogP contribution in [0.15, 0.2) is 24.3 Å². The molecular formula is C16H19N3O2. The Kier molecular flexibility index (Phi) is 6.23. The van der Waals surface area contributed by atoms with Gasteiger partial charge in [-0.3, -0.25) is 4.79 Å². The number of benzene rings is 1. The standard InChI is InChI=1S/C16H19N3O2/c1-12(2)19(10-6-9-17)16(20)13(3)21-15-8-5-4-7-14(15)11-18/h4-5,7-8,12-13H,6,10H2,1-3H3. The summed E-state index contributed by atoms with van der Waals surface area (Å²) in [5.74, 6) is 0.206. The molecule has 0 aliphatic carbocycles. The van der Waals surface area contributed by atoms with E-state index >= 15 is 0 Å². The third-order valence-corrected chi connectivity index (χ3v) is 3.03. The van der Waals surface area contributed by atoms with E-state index in [2.05, 4.69) is 0 Å². The van der Waals surface area contributed by atoms with Crippen LogP contribution in [0.3, 0.4) is 0 Å². The first-order chi connectivity index (χ1) is 10.0. The van der Waals surface area contributed by atoms with E-state index in [4.69, 9.17) is 15.3 Å². The van der Waals surface area contributed by atoms with Crippen molar-refractivity contribution < 1.29 is 9.53 Å². The van der Waals surface area contributed by atoms with Crippen molar-refractivity contribution in [3.8, 4) is 17.9 Å². The van der Waals surface area contributed by atoms with Crippen LogP contribution in [0.25, 0.3) is 0 Å². The number of rotatable bonds is 6. The van der Waals surface area contributed by atoms with Crippen molar-refractivity contribution >= 4 is 5.91 Å². The van der Waals surface area contributed by atoms with Gasteiger partial charge >= 0.3 is 0 Å². The molecule has 21 heavy (non-hydrogen) atoms. The van der Waals surface area contributed by atoms with Gasteiger partial charge in [0.2, 0.25) is 0 Å². The molecule has 1 unspecified atom stereocenters. The van der Waals surface area contributed by atoms with E-state index in [0.717, 1.165) is 0 Å². The lowest BCUT2D eigenvalue weighted by Crippen LogP contribution is -2.44. The van der Waals surface area contributed by atoms with Crippen LogP contribution in [0, 0.1) is 22.7 Å². The highest BCUT2D eigenvalue weighted by Crippen LogP contribution is 2.19. The number of hydrogen-bond acceptors (Lipinski definition) is 4. The van der Waals surface area contributed by atoms with E-state index in [1.807, 2.05) is 26.0 Å². The molecule has 0 aromatic heterocycles.